The van der Waals surface area contributed by atoms with E-state index in [4.69, 9.17) is 0 Å². The van der Waals surface area contributed by atoms with Crippen molar-refractivity contribution in [2.45, 2.75) is 52.6 Å². The molecule has 0 spiro atoms. The monoisotopic (exact) mass is 206 g/mol. The molecule has 0 aliphatic heterocycles. The molecule has 0 heterocycles. The second-order valence-electron chi connectivity index (χ2n) is 4.72. The van der Waals surface area contributed by atoms with Gasteiger partial charge in [0.1, 0.15) is 6.54 Å². The van der Waals surface area contributed by atoms with Crippen LogP contribution in [0.15, 0.2) is 24.3 Å². The highest BCUT2D eigenvalue weighted by Crippen LogP contribution is 2.14. The molecule has 1 heteroatoms. The fourth-order valence-corrected chi connectivity index (χ4v) is 1.54. The van der Waals surface area contributed by atoms with Crippen LogP contribution in [0.2, 0.25) is 0 Å². The van der Waals surface area contributed by atoms with Crippen LogP contribution in [0.3, 0.4) is 0 Å². The van der Waals surface area contributed by atoms with Gasteiger partial charge in [0.15, 0.2) is 0 Å². The molecule has 0 aliphatic carbocycles. The molecule has 84 valence electrons. The zero-order valence-electron chi connectivity index (χ0n) is 10.5. The second kappa shape index (κ2) is 5.92. The van der Waals surface area contributed by atoms with E-state index in [0.29, 0.717) is 5.92 Å². The molecule has 0 bridgehead atoms. The van der Waals surface area contributed by atoms with Gasteiger partial charge in [-0.2, -0.15) is 0 Å². The van der Waals surface area contributed by atoms with Crippen molar-refractivity contribution >= 4 is 0 Å². The Hall–Kier alpha value is -0.820. The van der Waals surface area contributed by atoms with Crippen LogP contribution >= 0.6 is 0 Å². The SMILES string of the molecule is CC[C@H](C)[NH2+]Cc1ccc(C(C)C)cc1. The molecule has 0 aliphatic rings. The molecular formula is C14H24N+. The molecule has 1 nitrogen and oxygen atoms in total. The van der Waals surface area contributed by atoms with Gasteiger partial charge in [0.2, 0.25) is 0 Å². The van der Waals surface area contributed by atoms with Gasteiger partial charge in [-0.15, -0.1) is 0 Å². The van der Waals surface area contributed by atoms with E-state index in [1.807, 2.05) is 0 Å². The summed E-state index contributed by atoms with van der Waals surface area (Å²) in [6.07, 6.45) is 1.24. The molecule has 1 aromatic rings. The molecule has 0 saturated carbocycles. The fourth-order valence-electron chi connectivity index (χ4n) is 1.54. The smallest absolute Gasteiger partial charge is 0.101 e. The van der Waals surface area contributed by atoms with Crippen molar-refractivity contribution in [1.29, 1.82) is 0 Å². The number of rotatable bonds is 5. The van der Waals surface area contributed by atoms with E-state index >= 15 is 0 Å². The van der Waals surface area contributed by atoms with Gasteiger partial charge in [-0.1, -0.05) is 45.0 Å². The van der Waals surface area contributed by atoms with Crippen molar-refractivity contribution in [2.75, 3.05) is 0 Å². The molecule has 0 unspecified atom stereocenters. The van der Waals surface area contributed by atoms with Crippen LogP contribution < -0.4 is 5.32 Å². The van der Waals surface area contributed by atoms with Crippen LogP contribution in [0.5, 0.6) is 0 Å². The van der Waals surface area contributed by atoms with Crippen LogP contribution in [-0.2, 0) is 6.54 Å². The standard InChI is InChI=1S/C14H23N/c1-5-12(4)15-10-13-6-8-14(9-7-13)11(2)3/h6-9,11-12,15H,5,10H2,1-4H3/p+1/t12-/m0/s1. The first-order valence-electron chi connectivity index (χ1n) is 6.05. The summed E-state index contributed by atoms with van der Waals surface area (Å²) in [5.41, 5.74) is 2.86. The molecule has 1 aromatic carbocycles. The Morgan fingerprint density at radius 1 is 1.07 bits per heavy atom. The topological polar surface area (TPSA) is 16.6 Å². The summed E-state index contributed by atoms with van der Waals surface area (Å²) in [6, 6.07) is 9.76. The summed E-state index contributed by atoms with van der Waals surface area (Å²) in [6.45, 7) is 10.1. The lowest BCUT2D eigenvalue weighted by atomic mass is 10.0. The van der Waals surface area contributed by atoms with Gasteiger partial charge in [-0.3, -0.25) is 0 Å². The lowest BCUT2D eigenvalue weighted by Crippen LogP contribution is -2.87. The summed E-state index contributed by atoms with van der Waals surface area (Å²) in [5.74, 6) is 0.637. The minimum atomic E-state index is 0.637. The number of benzene rings is 1. The predicted octanol–water partition coefficient (Wildman–Crippen LogP) is 2.67. The minimum absolute atomic E-state index is 0.637. The first-order chi connectivity index (χ1) is 7.13. The molecule has 0 fully saturated rings. The fraction of sp³-hybridized carbons (Fsp3) is 0.571. The number of hydrogen-bond acceptors (Lipinski definition) is 0. The van der Waals surface area contributed by atoms with Gasteiger partial charge in [-0.05, 0) is 24.8 Å². The molecule has 2 N–H and O–H groups in total. The van der Waals surface area contributed by atoms with E-state index in [2.05, 4.69) is 57.3 Å². The van der Waals surface area contributed by atoms with E-state index in [-0.39, 0.29) is 0 Å². The first kappa shape index (κ1) is 12.3. The molecule has 0 saturated heterocycles. The number of nitrogens with two attached hydrogens (primary N) is 1. The quantitative estimate of drug-likeness (QED) is 0.763. The van der Waals surface area contributed by atoms with Crippen LogP contribution in [0, 0.1) is 0 Å². The predicted molar refractivity (Wildman–Crippen MR) is 65.9 cm³/mol. The summed E-state index contributed by atoms with van der Waals surface area (Å²) in [4.78, 5) is 0. The Labute approximate surface area is 93.9 Å². The highest BCUT2D eigenvalue weighted by atomic mass is 14.9. The zero-order valence-corrected chi connectivity index (χ0v) is 10.5. The maximum atomic E-state index is 2.41. The van der Waals surface area contributed by atoms with Gasteiger partial charge in [-0.25, -0.2) is 0 Å². The summed E-state index contributed by atoms with van der Waals surface area (Å²) < 4.78 is 0. The average molecular weight is 206 g/mol. The van der Waals surface area contributed by atoms with Crippen molar-refractivity contribution in [3.8, 4) is 0 Å². The third kappa shape index (κ3) is 4.05. The van der Waals surface area contributed by atoms with Gasteiger partial charge < -0.3 is 5.32 Å². The van der Waals surface area contributed by atoms with Crippen LogP contribution in [-0.4, -0.2) is 6.04 Å². The minimum Gasteiger partial charge on any atom is -0.340 e. The summed E-state index contributed by atoms with van der Waals surface area (Å²) in [5, 5.41) is 2.41. The van der Waals surface area contributed by atoms with Gasteiger partial charge >= 0.3 is 0 Å². The molecule has 15 heavy (non-hydrogen) atoms. The Kier molecular flexibility index (Phi) is 4.83. The van der Waals surface area contributed by atoms with Gasteiger partial charge in [0.25, 0.3) is 0 Å². The molecule has 0 aromatic heterocycles. The highest BCUT2D eigenvalue weighted by molar-refractivity contribution is 5.23. The average Bonchev–Trinajstić information content (AvgIpc) is 2.26. The first-order valence-corrected chi connectivity index (χ1v) is 6.05. The second-order valence-corrected chi connectivity index (χ2v) is 4.72. The summed E-state index contributed by atoms with van der Waals surface area (Å²) >= 11 is 0. The van der Waals surface area contributed by atoms with Crippen molar-refractivity contribution < 1.29 is 5.32 Å². The number of quaternary nitrogens is 1. The van der Waals surface area contributed by atoms with Crippen LogP contribution in [0.1, 0.15) is 51.2 Å². The van der Waals surface area contributed by atoms with Crippen LogP contribution in [0.25, 0.3) is 0 Å². The Morgan fingerprint density at radius 3 is 2.13 bits per heavy atom. The van der Waals surface area contributed by atoms with E-state index in [1.54, 1.807) is 0 Å². The van der Waals surface area contributed by atoms with Crippen LogP contribution in [0.4, 0.5) is 0 Å². The highest BCUT2D eigenvalue weighted by Gasteiger charge is 2.03. The maximum absolute atomic E-state index is 2.41. The third-order valence-electron chi connectivity index (χ3n) is 3.05. The van der Waals surface area contributed by atoms with Crippen molar-refractivity contribution in [3.05, 3.63) is 35.4 Å². The van der Waals surface area contributed by atoms with Gasteiger partial charge in [0, 0.05) is 5.56 Å². The summed E-state index contributed by atoms with van der Waals surface area (Å²) in [7, 11) is 0. The molecule has 0 amide bonds. The third-order valence-corrected chi connectivity index (χ3v) is 3.05. The van der Waals surface area contributed by atoms with E-state index in [0.717, 1.165) is 12.6 Å². The lowest BCUT2D eigenvalue weighted by molar-refractivity contribution is -0.701. The zero-order chi connectivity index (χ0) is 11.3. The molecular weight excluding hydrogens is 182 g/mol. The van der Waals surface area contributed by atoms with E-state index in [1.165, 1.54) is 17.5 Å². The lowest BCUT2D eigenvalue weighted by Gasteiger charge is -2.09. The Balaban J connectivity index is 2.50. The maximum Gasteiger partial charge on any atom is 0.101 e. The normalized spacial score (nSPS) is 13.1. The van der Waals surface area contributed by atoms with Crippen molar-refractivity contribution in [3.63, 3.8) is 0 Å². The van der Waals surface area contributed by atoms with E-state index in [9.17, 15) is 0 Å². The molecule has 0 radical (unpaired) electrons. The Morgan fingerprint density at radius 2 is 1.67 bits per heavy atom. The number of hydrogen-bond donors (Lipinski definition) is 1. The van der Waals surface area contributed by atoms with Crippen molar-refractivity contribution in [2.24, 2.45) is 0 Å². The molecule has 1 rings (SSSR count). The molecule has 1 atom stereocenters. The largest absolute Gasteiger partial charge is 0.340 e. The van der Waals surface area contributed by atoms with E-state index < -0.39 is 0 Å². The van der Waals surface area contributed by atoms with Crippen molar-refractivity contribution in [1.82, 2.24) is 0 Å². The Bertz CT molecular complexity index is 274. The van der Waals surface area contributed by atoms with Gasteiger partial charge in [0.05, 0.1) is 6.04 Å².